The Hall–Kier alpha value is 0.630. The molecular formula is C12H15BrCl2S. The van der Waals surface area contributed by atoms with Crippen LogP contribution in [0.2, 0.25) is 0 Å². The van der Waals surface area contributed by atoms with Crippen LogP contribution in [0.3, 0.4) is 0 Å². The summed E-state index contributed by atoms with van der Waals surface area (Å²) in [6, 6.07) is 8.30. The summed E-state index contributed by atoms with van der Waals surface area (Å²) in [7, 11) is 0. The molecule has 0 atom stereocenters. The van der Waals surface area contributed by atoms with Gasteiger partial charge in [-0.2, -0.15) is 11.8 Å². The highest BCUT2D eigenvalue weighted by Gasteiger charge is 2.29. The van der Waals surface area contributed by atoms with E-state index in [0.717, 1.165) is 16.6 Å². The van der Waals surface area contributed by atoms with E-state index in [0.29, 0.717) is 11.8 Å². The van der Waals surface area contributed by atoms with Crippen molar-refractivity contribution in [3.63, 3.8) is 0 Å². The topological polar surface area (TPSA) is 0 Å². The summed E-state index contributed by atoms with van der Waals surface area (Å²) in [5, 5.41) is 0. The van der Waals surface area contributed by atoms with E-state index < -0.39 is 0 Å². The van der Waals surface area contributed by atoms with Crippen LogP contribution in [-0.4, -0.2) is 23.8 Å². The van der Waals surface area contributed by atoms with Gasteiger partial charge in [-0.15, -0.1) is 23.2 Å². The fourth-order valence-electron chi connectivity index (χ4n) is 1.57. The van der Waals surface area contributed by atoms with Gasteiger partial charge in [0.1, 0.15) is 0 Å². The van der Waals surface area contributed by atoms with Gasteiger partial charge in [0.25, 0.3) is 0 Å². The molecule has 0 aliphatic carbocycles. The minimum atomic E-state index is -0.0905. The number of benzene rings is 1. The third kappa shape index (κ3) is 3.56. The van der Waals surface area contributed by atoms with Crippen molar-refractivity contribution in [3.8, 4) is 0 Å². The molecule has 1 rings (SSSR count). The summed E-state index contributed by atoms with van der Waals surface area (Å²) in [4.78, 5) is 0. The summed E-state index contributed by atoms with van der Waals surface area (Å²) in [5.74, 6) is 2.22. The molecule has 4 heteroatoms. The zero-order chi connectivity index (χ0) is 12.0. The Bertz CT molecular complexity index is 309. The number of halogens is 3. The molecule has 1 aromatic rings. The second-order valence-electron chi connectivity index (χ2n) is 3.80. The van der Waals surface area contributed by atoms with E-state index >= 15 is 0 Å². The van der Waals surface area contributed by atoms with Crippen LogP contribution >= 0.6 is 50.9 Å². The van der Waals surface area contributed by atoms with Crippen molar-refractivity contribution < 1.29 is 0 Å². The van der Waals surface area contributed by atoms with Gasteiger partial charge in [0.2, 0.25) is 0 Å². The average Bonchev–Trinajstić information content (AvgIpc) is 2.33. The van der Waals surface area contributed by atoms with Crippen molar-refractivity contribution >= 4 is 50.9 Å². The zero-order valence-corrected chi connectivity index (χ0v) is 13.1. The van der Waals surface area contributed by atoms with Crippen molar-refractivity contribution in [2.24, 2.45) is 0 Å². The lowest BCUT2D eigenvalue weighted by Crippen LogP contribution is -2.31. The maximum atomic E-state index is 6.13. The molecule has 0 aliphatic heterocycles. The van der Waals surface area contributed by atoms with Gasteiger partial charge in [0.15, 0.2) is 0 Å². The van der Waals surface area contributed by atoms with Gasteiger partial charge in [0, 0.05) is 21.6 Å². The first-order valence-corrected chi connectivity index (χ1v) is 8.31. The maximum absolute atomic E-state index is 6.13. The Balaban J connectivity index is 2.95. The fraction of sp³-hybridized carbons (Fsp3) is 0.500. The molecule has 0 unspecified atom stereocenters. The molecule has 0 radical (unpaired) electrons. The molecule has 0 fully saturated rings. The quantitative estimate of drug-likeness (QED) is 0.662. The fourth-order valence-corrected chi connectivity index (χ4v) is 3.29. The third-order valence-corrected chi connectivity index (χ3v) is 4.92. The normalized spacial score (nSPS) is 11.8. The molecule has 90 valence electrons. The first-order valence-electron chi connectivity index (χ1n) is 5.05. The molecule has 16 heavy (non-hydrogen) atoms. The van der Waals surface area contributed by atoms with Crippen LogP contribution < -0.4 is 0 Å². The number of hydrogen-bond donors (Lipinski definition) is 0. The maximum Gasteiger partial charge on any atom is 0.0332 e. The Morgan fingerprint density at radius 1 is 1.19 bits per heavy atom. The predicted molar refractivity (Wildman–Crippen MR) is 80.3 cm³/mol. The molecule has 0 saturated carbocycles. The van der Waals surface area contributed by atoms with Crippen LogP contribution in [0.25, 0.3) is 0 Å². The molecule has 0 N–H and O–H groups in total. The van der Waals surface area contributed by atoms with E-state index in [2.05, 4.69) is 34.3 Å². The second kappa shape index (κ2) is 7.15. The van der Waals surface area contributed by atoms with Crippen molar-refractivity contribution in [2.45, 2.75) is 11.8 Å². The minimum absolute atomic E-state index is 0.0905. The lowest BCUT2D eigenvalue weighted by atomic mass is 9.82. The van der Waals surface area contributed by atoms with Crippen LogP contribution in [0.5, 0.6) is 0 Å². The lowest BCUT2D eigenvalue weighted by molar-refractivity contribution is 0.524. The van der Waals surface area contributed by atoms with Gasteiger partial charge in [-0.25, -0.2) is 0 Å². The van der Waals surface area contributed by atoms with Gasteiger partial charge >= 0.3 is 0 Å². The average molecular weight is 342 g/mol. The SMILES string of the molecule is CSCCC(CCl)(CCl)c1ccc(Br)cc1. The minimum Gasteiger partial charge on any atom is -0.165 e. The standard InChI is InChI=1S/C12H15BrCl2S/c1-16-7-6-12(8-14,9-15)10-2-4-11(13)5-3-10/h2-5H,6-9H2,1H3. The van der Waals surface area contributed by atoms with Gasteiger partial charge in [-0.05, 0) is 36.1 Å². The Morgan fingerprint density at radius 2 is 1.75 bits per heavy atom. The molecule has 0 saturated heterocycles. The van der Waals surface area contributed by atoms with Gasteiger partial charge in [0.05, 0.1) is 0 Å². The molecule has 0 bridgehead atoms. The Labute approximate surface area is 120 Å². The van der Waals surface area contributed by atoms with Crippen LogP contribution in [0, 0.1) is 0 Å². The zero-order valence-electron chi connectivity index (χ0n) is 9.18. The molecule has 0 nitrogen and oxygen atoms in total. The van der Waals surface area contributed by atoms with E-state index in [1.54, 1.807) is 0 Å². The highest BCUT2D eigenvalue weighted by atomic mass is 79.9. The van der Waals surface area contributed by atoms with E-state index in [1.165, 1.54) is 5.56 Å². The molecule has 0 amide bonds. The molecular weight excluding hydrogens is 327 g/mol. The van der Waals surface area contributed by atoms with Gasteiger partial charge in [-0.3, -0.25) is 0 Å². The molecule has 1 aromatic carbocycles. The summed E-state index contributed by atoms with van der Waals surface area (Å²) in [5.41, 5.74) is 1.14. The number of alkyl halides is 2. The van der Waals surface area contributed by atoms with Crippen LogP contribution in [0.15, 0.2) is 28.7 Å². The third-order valence-electron chi connectivity index (χ3n) is 2.75. The monoisotopic (exact) mass is 340 g/mol. The summed E-state index contributed by atoms with van der Waals surface area (Å²) in [6.07, 6.45) is 3.12. The Kier molecular flexibility index (Phi) is 6.57. The van der Waals surface area contributed by atoms with Gasteiger partial charge < -0.3 is 0 Å². The highest BCUT2D eigenvalue weighted by molar-refractivity contribution is 9.10. The first kappa shape index (κ1) is 14.7. The van der Waals surface area contributed by atoms with Crippen molar-refractivity contribution in [3.05, 3.63) is 34.3 Å². The lowest BCUT2D eigenvalue weighted by Gasteiger charge is -2.30. The van der Waals surface area contributed by atoms with Crippen molar-refractivity contribution in [1.29, 1.82) is 0 Å². The summed E-state index contributed by atoms with van der Waals surface area (Å²) < 4.78 is 1.08. The molecule has 0 spiro atoms. The van der Waals surface area contributed by atoms with Crippen LogP contribution in [0.4, 0.5) is 0 Å². The van der Waals surface area contributed by atoms with Crippen molar-refractivity contribution in [2.75, 3.05) is 23.8 Å². The van der Waals surface area contributed by atoms with Gasteiger partial charge in [-0.1, -0.05) is 28.1 Å². The number of thioether (sulfide) groups is 1. The van der Waals surface area contributed by atoms with E-state index in [4.69, 9.17) is 23.2 Å². The first-order chi connectivity index (χ1) is 7.68. The summed E-state index contributed by atoms with van der Waals surface area (Å²) in [6.45, 7) is 0. The van der Waals surface area contributed by atoms with Crippen LogP contribution in [0.1, 0.15) is 12.0 Å². The largest absolute Gasteiger partial charge is 0.165 e. The van der Waals surface area contributed by atoms with Crippen LogP contribution in [-0.2, 0) is 5.41 Å². The highest BCUT2D eigenvalue weighted by Crippen LogP contribution is 2.33. The predicted octanol–water partition coefficient (Wildman–Crippen LogP) is 4.92. The smallest absolute Gasteiger partial charge is 0.0332 e. The van der Waals surface area contributed by atoms with Crippen molar-refractivity contribution in [1.82, 2.24) is 0 Å². The summed E-state index contributed by atoms with van der Waals surface area (Å²) >= 11 is 17.5. The Morgan fingerprint density at radius 3 is 2.19 bits per heavy atom. The number of hydrogen-bond acceptors (Lipinski definition) is 1. The molecule has 0 aromatic heterocycles. The van der Waals surface area contributed by atoms with E-state index in [-0.39, 0.29) is 5.41 Å². The van der Waals surface area contributed by atoms with E-state index in [1.807, 2.05) is 23.9 Å². The number of rotatable bonds is 6. The second-order valence-corrected chi connectivity index (χ2v) is 6.23. The molecule has 0 aliphatic rings. The molecule has 0 heterocycles. The van der Waals surface area contributed by atoms with E-state index in [9.17, 15) is 0 Å².